The molecule has 0 radical (unpaired) electrons. The van der Waals surface area contributed by atoms with Crippen LogP contribution in [-0.4, -0.2) is 26.1 Å². The van der Waals surface area contributed by atoms with Crippen molar-refractivity contribution in [2.45, 2.75) is 0 Å². The minimum atomic E-state index is -2.55. The van der Waals surface area contributed by atoms with Gasteiger partial charge >= 0.3 is 0 Å². The Balaban J connectivity index is 3.12. The van der Waals surface area contributed by atoms with Crippen LogP contribution in [0.2, 0.25) is 0 Å². The van der Waals surface area contributed by atoms with Crippen molar-refractivity contribution in [3.8, 4) is 11.5 Å². The highest BCUT2D eigenvalue weighted by Gasteiger charge is 2.14. The molecule has 1 atom stereocenters. The third-order valence-electron chi connectivity index (χ3n) is 1.57. The van der Waals surface area contributed by atoms with Crippen molar-refractivity contribution in [3.05, 3.63) is 23.8 Å². The van der Waals surface area contributed by atoms with Gasteiger partial charge in [-0.2, -0.15) is 0 Å². The second-order valence-corrected chi connectivity index (χ2v) is 3.29. The van der Waals surface area contributed by atoms with E-state index in [0.29, 0.717) is 0 Å². The SMILES string of the molecule is COc1cc(C(=O)S(=O)O)ccc1O. The minimum Gasteiger partial charge on any atom is -0.504 e. The molecule has 0 aliphatic heterocycles. The van der Waals surface area contributed by atoms with Crippen LogP contribution in [0.5, 0.6) is 11.5 Å². The normalized spacial score (nSPS) is 12.1. The smallest absolute Gasteiger partial charge is 0.276 e. The van der Waals surface area contributed by atoms with E-state index < -0.39 is 16.2 Å². The van der Waals surface area contributed by atoms with Crippen LogP contribution in [0.25, 0.3) is 0 Å². The molecular formula is C8H8O5S. The van der Waals surface area contributed by atoms with E-state index in [9.17, 15) is 14.1 Å². The first-order chi connectivity index (χ1) is 6.56. The van der Waals surface area contributed by atoms with Crippen molar-refractivity contribution in [1.29, 1.82) is 0 Å². The zero-order valence-corrected chi connectivity index (χ0v) is 8.08. The van der Waals surface area contributed by atoms with Crippen molar-refractivity contribution in [2.24, 2.45) is 0 Å². The number of phenols is 1. The van der Waals surface area contributed by atoms with Gasteiger partial charge in [0.25, 0.3) is 5.12 Å². The van der Waals surface area contributed by atoms with Crippen LogP contribution in [0, 0.1) is 0 Å². The molecule has 0 saturated heterocycles. The maximum atomic E-state index is 11.0. The molecule has 6 heteroatoms. The van der Waals surface area contributed by atoms with E-state index in [1.165, 1.54) is 25.3 Å². The fraction of sp³-hybridized carbons (Fsp3) is 0.125. The Morgan fingerprint density at radius 3 is 2.64 bits per heavy atom. The second kappa shape index (κ2) is 4.21. The first kappa shape index (κ1) is 10.7. The van der Waals surface area contributed by atoms with Crippen LogP contribution in [0.4, 0.5) is 0 Å². The summed E-state index contributed by atoms with van der Waals surface area (Å²) in [7, 11) is 1.32. The Hall–Kier alpha value is -1.40. The molecule has 0 amide bonds. The van der Waals surface area contributed by atoms with Crippen LogP contribution < -0.4 is 4.74 Å². The lowest BCUT2D eigenvalue weighted by atomic mass is 10.2. The topological polar surface area (TPSA) is 83.8 Å². The van der Waals surface area contributed by atoms with Crippen molar-refractivity contribution in [3.63, 3.8) is 0 Å². The summed E-state index contributed by atoms with van der Waals surface area (Å²) in [5, 5.41) is 8.25. The molecule has 0 fully saturated rings. The van der Waals surface area contributed by atoms with Gasteiger partial charge < -0.3 is 9.84 Å². The van der Waals surface area contributed by atoms with Gasteiger partial charge in [-0.25, -0.2) is 4.21 Å². The Morgan fingerprint density at radius 1 is 1.50 bits per heavy atom. The van der Waals surface area contributed by atoms with Crippen LogP contribution >= 0.6 is 0 Å². The third-order valence-corrected chi connectivity index (χ3v) is 2.13. The minimum absolute atomic E-state index is 0.0143. The van der Waals surface area contributed by atoms with Crippen molar-refractivity contribution < 1.29 is 23.4 Å². The summed E-state index contributed by atoms with van der Waals surface area (Å²) in [5.41, 5.74) is 0.0143. The van der Waals surface area contributed by atoms with E-state index in [0.717, 1.165) is 0 Å². The molecule has 1 unspecified atom stereocenters. The number of benzene rings is 1. The van der Waals surface area contributed by atoms with E-state index in [1.807, 2.05) is 0 Å². The van der Waals surface area contributed by atoms with Gasteiger partial charge in [0.1, 0.15) is 0 Å². The summed E-state index contributed by atoms with van der Waals surface area (Å²) in [4.78, 5) is 11.0. The van der Waals surface area contributed by atoms with Crippen molar-refractivity contribution in [1.82, 2.24) is 0 Å². The summed E-state index contributed by atoms with van der Waals surface area (Å²) in [6.07, 6.45) is 0. The van der Waals surface area contributed by atoms with Gasteiger partial charge in [-0.3, -0.25) is 9.35 Å². The molecule has 0 bridgehead atoms. The van der Waals surface area contributed by atoms with Gasteiger partial charge in [0.15, 0.2) is 11.5 Å². The number of hydrogen-bond donors (Lipinski definition) is 2. The molecule has 1 rings (SSSR count). The zero-order valence-electron chi connectivity index (χ0n) is 7.26. The van der Waals surface area contributed by atoms with E-state index in [2.05, 4.69) is 0 Å². The number of phenolic OH excluding ortho intramolecular Hbond substituents is 1. The monoisotopic (exact) mass is 216 g/mol. The molecule has 0 saturated carbocycles. The van der Waals surface area contributed by atoms with E-state index >= 15 is 0 Å². The molecule has 0 spiro atoms. The second-order valence-electron chi connectivity index (χ2n) is 2.42. The largest absolute Gasteiger partial charge is 0.504 e. The Labute approximate surface area is 82.6 Å². The highest BCUT2D eigenvalue weighted by atomic mass is 32.2. The lowest BCUT2D eigenvalue weighted by Crippen LogP contribution is -2.06. The highest BCUT2D eigenvalue weighted by Crippen LogP contribution is 2.26. The van der Waals surface area contributed by atoms with Crippen molar-refractivity contribution in [2.75, 3.05) is 7.11 Å². The molecule has 0 aliphatic rings. The molecule has 1 aromatic rings. The van der Waals surface area contributed by atoms with Crippen LogP contribution in [0.3, 0.4) is 0 Å². The molecule has 1 aromatic carbocycles. The zero-order chi connectivity index (χ0) is 10.7. The maximum absolute atomic E-state index is 11.0. The fourth-order valence-electron chi connectivity index (χ4n) is 0.905. The number of ether oxygens (including phenoxy) is 1. The number of carbonyl (C=O) groups is 1. The van der Waals surface area contributed by atoms with Gasteiger partial charge in [-0.15, -0.1) is 0 Å². The molecule has 14 heavy (non-hydrogen) atoms. The predicted octanol–water partition coefficient (Wildman–Crippen LogP) is 0.763. The Morgan fingerprint density at radius 2 is 2.14 bits per heavy atom. The van der Waals surface area contributed by atoms with E-state index in [4.69, 9.17) is 9.29 Å². The van der Waals surface area contributed by atoms with Gasteiger partial charge in [0, 0.05) is 5.56 Å². The Kier molecular flexibility index (Phi) is 3.21. The summed E-state index contributed by atoms with van der Waals surface area (Å²) >= 11 is -2.55. The fourth-order valence-corrected chi connectivity index (χ4v) is 1.23. The lowest BCUT2D eigenvalue weighted by molar-refractivity contribution is 0.107. The van der Waals surface area contributed by atoms with Gasteiger partial charge in [0.05, 0.1) is 7.11 Å². The van der Waals surface area contributed by atoms with Gasteiger partial charge in [0.2, 0.25) is 11.1 Å². The predicted molar refractivity (Wildman–Crippen MR) is 49.8 cm³/mol. The molecule has 76 valence electrons. The van der Waals surface area contributed by atoms with E-state index in [-0.39, 0.29) is 17.1 Å². The number of rotatable bonds is 2. The first-order valence-electron chi connectivity index (χ1n) is 3.58. The first-order valence-corrected chi connectivity index (χ1v) is 4.69. The van der Waals surface area contributed by atoms with Gasteiger partial charge in [-0.05, 0) is 18.2 Å². The number of carbonyl (C=O) groups excluding carboxylic acids is 1. The maximum Gasteiger partial charge on any atom is 0.276 e. The summed E-state index contributed by atoms with van der Waals surface area (Å²) in [6, 6.07) is 3.67. The number of methoxy groups -OCH3 is 1. The molecule has 5 nitrogen and oxygen atoms in total. The Bertz CT molecular complexity index is 387. The lowest BCUT2D eigenvalue weighted by Gasteiger charge is -2.03. The van der Waals surface area contributed by atoms with Crippen molar-refractivity contribution >= 4 is 16.2 Å². The summed E-state index contributed by atoms with van der Waals surface area (Å²) in [6.45, 7) is 0. The molecule has 0 heterocycles. The molecule has 2 N–H and O–H groups in total. The van der Waals surface area contributed by atoms with Crippen LogP contribution in [0.1, 0.15) is 10.4 Å². The van der Waals surface area contributed by atoms with Crippen LogP contribution in [-0.2, 0) is 11.1 Å². The van der Waals surface area contributed by atoms with Gasteiger partial charge in [-0.1, -0.05) is 0 Å². The standard InChI is InChI=1S/C8H8O5S/c1-13-7-4-5(2-3-6(7)9)8(10)14(11)12/h2-4,9H,1H3,(H,11,12). The summed E-state index contributed by atoms with van der Waals surface area (Å²) < 4.78 is 23.7. The number of aromatic hydroxyl groups is 1. The number of hydrogen-bond acceptors (Lipinski definition) is 4. The average Bonchev–Trinajstić information content (AvgIpc) is 2.17. The molecular weight excluding hydrogens is 208 g/mol. The van der Waals surface area contributed by atoms with E-state index in [1.54, 1.807) is 0 Å². The molecule has 0 aliphatic carbocycles. The third kappa shape index (κ3) is 2.09. The quantitative estimate of drug-likeness (QED) is 0.713. The van der Waals surface area contributed by atoms with Crippen LogP contribution in [0.15, 0.2) is 18.2 Å². The highest BCUT2D eigenvalue weighted by molar-refractivity contribution is 7.95. The summed E-state index contributed by atoms with van der Waals surface area (Å²) in [5.74, 6) is -0.0472. The molecule has 0 aromatic heterocycles. The average molecular weight is 216 g/mol.